The number of hydrogen-bond acceptors (Lipinski definition) is 6. The van der Waals surface area contributed by atoms with Gasteiger partial charge in [-0.15, -0.1) is 15.3 Å². The van der Waals surface area contributed by atoms with Crippen molar-refractivity contribution < 1.29 is 9.53 Å². The molecule has 1 aromatic carbocycles. The number of ether oxygens (including phenoxy) is 1. The molecule has 1 aliphatic heterocycles. The van der Waals surface area contributed by atoms with E-state index in [1.165, 1.54) is 0 Å². The van der Waals surface area contributed by atoms with Crippen LogP contribution in [-0.2, 0) is 4.79 Å². The maximum atomic E-state index is 12.1. The molecule has 1 N–H and O–H groups in total. The number of aromatic nitrogens is 4. The summed E-state index contributed by atoms with van der Waals surface area (Å²) in [5.41, 5.74) is 0.714. The van der Waals surface area contributed by atoms with Crippen molar-refractivity contribution in [1.29, 1.82) is 0 Å². The van der Waals surface area contributed by atoms with Crippen molar-refractivity contribution in [3.05, 3.63) is 48.8 Å². The van der Waals surface area contributed by atoms with Crippen LogP contribution in [0.4, 0.5) is 5.82 Å². The number of carbonyl (C=O) groups is 1. The van der Waals surface area contributed by atoms with Gasteiger partial charge in [0, 0.05) is 19.1 Å². The Morgan fingerprint density at radius 2 is 2.12 bits per heavy atom. The van der Waals surface area contributed by atoms with Crippen LogP contribution in [0.2, 0.25) is 0 Å². The largest absolute Gasteiger partial charge is 0.484 e. The summed E-state index contributed by atoms with van der Waals surface area (Å²) >= 11 is 0. The number of amides is 1. The minimum absolute atomic E-state index is 0.0193. The average Bonchev–Trinajstić information content (AvgIpc) is 3.29. The van der Waals surface area contributed by atoms with Gasteiger partial charge >= 0.3 is 0 Å². The van der Waals surface area contributed by atoms with E-state index in [1.54, 1.807) is 10.8 Å². The maximum Gasteiger partial charge on any atom is 0.258 e. The number of nitrogens with zero attached hydrogens (tertiary/aromatic N) is 5. The van der Waals surface area contributed by atoms with Crippen LogP contribution < -0.4 is 15.0 Å². The molecule has 3 aromatic rings. The van der Waals surface area contributed by atoms with Crippen LogP contribution in [0.5, 0.6) is 5.75 Å². The van der Waals surface area contributed by atoms with Gasteiger partial charge in [0.1, 0.15) is 17.9 Å². The predicted octanol–water partition coefficient (Wildman–Crippen LogP) is 0.898. The van der Waals surface area contributed by atoms with Crippen LogP contribution in [-0.4, -0.2) is 51.5 Å². The Hall–Kier alpha value is -3.16. The van der Waals surface area contributed by atoms with Gasteiger partial charge in [0.25, 0.3) is 5.91 Å². The fourth-order valence-electron chi connectivity index (χ4n) is 2.91. The van der Waals surface area contributed by atoms with Gasteiger partial charge in [0.15, 0.2) is 12.3 Å². The summed E-state index contributed by atoms with van der Waals surface area (Å²) < 4.78 is 7.12. The zero-order valence-corrected chi connectivity index (χ0v) is 13.6. The quantitative estimate of drug-likeness (QED) is 0.744. The van der Waals surface area contributed by atoms with Gasteiger partial charge in [-0.25, -0.2) is 0 Å². The number of hydrogen-bond donors (Lipinski definition) is 1. The van der Waals surface area contributed by atoms with Crippen molar-refractivity contribution in [2.24, 2.45) is 0 Å². The second kappa shape index (κ2) is 6.76. The van der Waals surface area contributed by atoms with Crippen molar-refractivity contribution in [1.82, 2.24) is 25.1 Å². The molecule has 8 heteroatoms. The van der Waals surface area contributed by atoms with Crippen molar-refractivity contribution in [2.75, 3.05) is 24.6 Å². The van der Waals surface area contributed by atoms with E-state index in [2.05, 4.69) is 25.5 Å². The van der Waals surface area contributed by atoms with Crippen molar-refractivity contribution in [3.63, 3.8) is 0 Å². The molecule has 0 spiro atoms. The van der Waals surface area contributed by atoms with E-state index < -0.39 is 0 Å². The summed E-state index contributed by atoms with van der Waals surface area (Å²) in [6.07, 6.45) is 2.45. The number of anilines is 1. The van der Waals surface area contributed by atoms with Gasteiger partial charge in [-0.1, -0.05) is 18.2 Å². The summed E-state index contributed by atoms with van der Waals surface area (Å²) in [6, 6.07) is 13.2. The molecule has 25 heavy (non-hydrogen) atoms. The fraction of sp³-hybridized carbons (Fsp3) is 0.294. The molecule has 8 nitrogen and oxygen atoms in total. The Morgan fingerprint density at radius 3 is 3.00 bits per heavy atom. The van der Waals surface area contributed by atoms with Crippen LogP contribution in [0.15, 0.2) is 48.8 Å². The third kappa shape index (κ3) is 3.52. The lowest BCUT2D eigenvalue weighted by atomic mass is 10.2. The molecule has 3 heterocycles. The monoisotopic (exact) mass is 338 g/mol. The van der Waals surface area contributed by atoms with Gasteiger partial charge in [-0.2, -0.15) is 4.52 Å². The second-order valence-electron chi connectivity index (χ2n) is 5.93. The van der Waals surface area contributed by atoms with Gasteiger partial charge in [0.2, 0.25) is 0 Å². The molecule has 0 unspecified atom stereocenters. The van der Waals surface area contributed by atoms with Crippen LogP contribution >= 0.6 is 0 Å². The third-order valence-electron chi connectivity index (χ3n) is 4.14. The molecule has 128 valence electrons. The predicted molar refractivity (Wildman–Crippen MR) is 91.5 cm³/mol. The first-order valence-corrected chi connectivity index (χ1v) is 8.17. The SMILES string of the molecule is O=C(COc1ccccc1)N[C@H]1CCN(c2ccc3nncn3n2)C1. The summed E-state index contributed by atoms with van der Waals surface area (Å²) in [5.74, 6) is 1.43. The van der Waals surface area contributed by atoms with E-state index in [0.717, 1.165) is 25.3 Å². The zero-order valence-electron chi connectivity index (χ0n) is 13.6. The highest BCUT2D eigenvalue weighted by Crippen LogP contribution is 2.18. The molecular formula is C17H18N6O2. The van der Waals surface area contributed by atoms with Crippen molar-refractivity contribution in [2.45, 2.75) is 12.5 Å². The van der Waals surface area contributed by atoms with E-state index >= 15 is 0 Å². The normalized spacial score (nSPS) is 17.0. The maximum absolute atomic E-state index is 12.1. The lowest BCUT2D eigenvalue weighted by molar-refractivity contribution is -0.123. The minimum Gasteiger partial charge on any atom is -0.484 e. The van der Waals surface area contributed by atoms with Gasteiger partial charge in [0.05, 0.1) is 0 Å². The van der Waals surface area contributed by atoms with Gasteiger partial charge in [-0.05, 0) is 30.7 Å². The highest BCUT2D eigenvalue weighted by molar-refractivity contribution is 5.78. The number of rotatable bonds is 5. The Balaban J connectivity index is 1.30. The Kier molecular flexibility index (Phi) is 4.16. The number of fused-ring (bicyclic) bond motifs is 1. The molecule has 1 amide bonds. The summed E-state index contributed by atoms with van der Waals surface area (Å²) in [5, 5.41) is 15.3. The van der Waals surface area contributed by atoms with E-state index in [0.29, 0.717) is 11.4 Å². The summed E-state index contributed by atoms with van der Waals surface area (Å²) in [7, 11) is 0. The highest BCUT2D eigenvalue weighted by atomic mass is 16.5. The van der Waals surface area contributed by atoms with Crippen LogP contribution in [0.1, 0.15) is 6.42 Å². The average molecular weight is 338 g/mol. The molecule has 4 rings (SSSR count). The van der Waals surface area contributed by atoms with E-state index in [9.17, 15) is 4.79 Å². The molecule has 0 bridgehead atoms. The van der Waals surface area contributed by atoms with Crippen LogP contribution in [0, 0.1) is 0 Å². The topological polar surface area (TPSA) is 84.6 Å². The number of benzene rings is 1. The third-order valence-corrected chi connectivity index (χ3v) is 4.14. The first-order chi connectivity index (χ1) is 12.3. The number of nitrogens with one attached hydrogen (secondary N) is 1. The lowest BCUT2D eigenvalue weighted by Gasteiger charge is -2.17. The lowest BCUT2D eigenvalue weighted by Crippen LogP contribution is -2.39. The van der Waals surface area contributed by atoms with E-state index in [4.69, 9.17) is 4.74 Å². The first-order valence-electron chi connectivity index (χ1n) is 8.17. The highest BCUT2D eigenvalue weighted by Gasteiger charge is 2.25. The van der Waals surface area contributed by atoms with Crippen molar-refractivity contribution >= 4 is 17.4 Å². The fourth-order valence-corrected chi connectivity index (χ4v) is 2.91. The molecule has 1 saturated heterocycles. The smallest absolute Gasteiger partial charge is 0.258 e. The molecule has 1 aliphatic rings. The Bertz CT molecular complexity index is 866. The molecule has 2 aromatic heterocycles. The standard InChI is InChI=1S/C17H18N6O2/c24-17(11-25-14-4-2-1-3-5-14)19-13-8-9-22(10-13)16-7-6-15-20-18-12-23(15)21-16/h1-7,12-13H,8-11H2,(H,19,24)/t13-/m0/s1. The minimum atomic E-state index is -0.113. The van der Waals surface area contributed by atoms with E-state index in [1.807, 2.05) is 42.5 Å². The summed E-state index contributed by atoms with van der Waals surface area (Å²) in [6.45, 7) is 1.58. The molecule has 1 fully saturated rings. The number of carbonyl (C=O) groups excluding carboxylic acids is 1. The number of para-hydroxylation sites is 1. The molecule has 1 atom stereocenters. The first kappa shape index (κ1) is 15.4. The second-order valence-corrected chi connectivity index (χ2v) is 5.93. The molecular weight excluding hydrogens is 320 g/mol. The zero-order chi connectivity index (χ0) is 17.1. The summed E-state index contributed by atoms with van der Waals surface area (Å²) in [4.78, 5) is 14.2. The van der Waals surface area contributed by atoms with Gasteiger partial charge in [-0.3, -0.25) is 4.79 Å². The molecule has 0 saturated carbocycles. The Labute approximate surface area is 144 Å². The Morgan fingerprint density at radius 1 is 1.24 bits per heavy atom. The molecule has 0 radical (unpaired) electrons. The van der Waals surface area contributed by atoms with Crippen LogP contribution in [0.25, 0.3) is 5.65 Å². The molecule has 0 aliphatic carbocycles. The van der Waals surface area contributed by atoms with Gasteiger partial charge < -0.3 is 15.0 Å². The van der Waals surface area contributed by atoms with Crippen LogP contribution in [0.3, 0.4) is 0 Å². The van der Waals surface area contributed by atoms with E-state index in [-0.39, 0.29) is 18.6 Å². The van der Waals surface area contributed by atoms with Crippen molar-refractivity contribution in [3.8, 4) is 5.75 Å².